The maximum atomic E-state index is 9.91. The van der Waals surface area contributed by atoms with Crippen molar-refractivity contribution >= 4 is 17.7 Å². The summed E-state index contributed by atoms with van der Waals surface area (Å²) in [6.45, 7) is 0. The highest BCUT2D eigenvalue weighted by Crippen LogP contribution is 2.36. The molecule has 0 spiro atoms. The summed E-state index contributed by atoms with van der Waals surface area (Å²) in [6, 6.07) is 0. The van der Waals surface area contributed by atoms with Gasteiger partial charge in [-0.3, -0.25) is 9.12 Å². The zero-order valence-corrected chi connectivity index (χ0v) is 6.29. The Morgan fingerprint density at radius 1 is 1.30 bits per heavy atom. The van der Waals surface area contributed by atoms with Gasteiger partial charge in [0.15, 0.2) is 0 Å². The van der Waals surface area contributed by atoms with Crippen molar-refractivity contribution in [3.8, 4) is 0 Å². The monoisotopic (exact) mass is 188 g/mol. The zero-order chi connectivity index (χ0) is 8.41. The molecule has 0 aliphatic heterocycles. The SMILES string of the molecule is O=P(O)(O)C=CS(=O)(=O)O. The predicted octanol–water partition coefficient (Wildman–Crippen LogP) is -0.477. The van der Waals surface area contributed by atoms with Crippen LogP contribution in [-0.4, -0.2) is 22.8 Å². The van der Waals surface area contributed by atoms with E-state index in [1.165, 1.54) is 0 Å². The third kappa shape index (κ3) is 7.80. The van der Waals surface area contributed by atoms with Gasteiger partial charge in [0.2, 0.25) is 0 Å². The second kappa shape index (κ2) is 2.81. The van der Waals surface area contributed by atoms with Gasteiger partial charge in [0, 0.05) is 5.82 Å². The fraction of sp³-hybridized carbons (Fsp3) is 0. The third-order valence-electron chi connectivity index (χ3n) is 0.427. The van der Waals surface area contributed by atoms with Gasteiger partial charge in [0.05, 0.1) is 5.41 Å². The van der Waals surface area contributed by atoms with Crippen LogP contribution < -0.4 is 0 Å². The molecule has 0 unspecified atom stereocenters. The Kier molecular flexibility index (Phi) is 2.76. The minimum absolute atomic E-state index is 0.0355. The summed E-state index contributed by atoms with van der Waals surface area (Å²) in [5, 5.41) is 0.0355. The van der Waals surface area contributed by atoms with Crippen LogP contribution in [0, 0.1) is 0 Å². The smallest absolute Gasteiger partial charge is 0.321 e. The fourth-order valence-corrected chi connectivity index (χ4v) is 1.41. The minimum atomic E-state index is -4.48. The first-order chi connectivity index (χ1) is 4.21. The molecule has 3 N–H and O–H groups in total. The van der Waals surface area contributed by atoms with Gasteiger partial charge in [0.25, 0.3) is 10.1 Å². The van der Waals surface area contributed by atoms with Crippen LogP contribution in [0.15, 0.2) is 11.2 Å². The maximum Gasteiger partial charge on any atom is 0.349 e. The van der Waals surface area contributed by atoms with E-state index < -0.39 is 17.7 Å². The second-order valence-electron chi connectivity index (χ2n) is 1.39. The highest BCUT2D eigenvalue weighted by Gasteiger charge is 2.08. The van der Waals surface area contributed by atoms with Crippen LogP contribution in [0.5, 0.6) is 0 Å². The molecule has 0 aromatic heterocycles. The molecule has 0 saturated heterocycles. The molecule has 60 valence electrons. The summed E-state index contributed by atoms with van der Waals surface area (Å²) >= 11 is 0. The lowest BCUT2D eigenvalue weighted by atomic mass is 11.3. The Bertz CT molecular complexity index is 268. The predicted molar refractivity (Wildman–Crippen MR) is 32.7 cm³/mol. The molecule has 0 aromatic carbocycles. The van der Waals surface area contributed by atoms with Crippen LogP contribution in [0.2, 0.25) is 0 Å². The van der Waals surface area contributed by atoms with Crippen LogP contribution in [0.4, 0.5) is 0 Å². The van der Waals surface area contributed by atoms with E-state index in [9.17, 15) is 13.0 Å². The quantitative estimate of drug-likeness (QED) is 0.398. The van der Waals surface area contributed by atoms with E-state index >= 15 is 0 Å². The van der Waals surface area contributed by atoms with Crippen LogP contribution in [-0.2, 0) is 14.7 Å². The van der Waals surface area contributed by atoms with E-state index in [-0.39, 0.29) is 11.2 Å². The van der Waals surface area contributed by atoms with Gasteiger partial charge in [-0.2, -0.15) is 8.42 Å². The highest BCUT2D eigenvalue weighted by molar-refractivity contribution is 7.89. The molecule has 8 heteroatoms. The van der Waals surface area contributed by atoms with Crippen molar-refractivity contribution in [2.75, 3.05) is 0 Å². The summed E-state index contributed by atoms with van der Waals surface area (Å²) in [6.07, 6.45) is 0. The van der Waals surface area contributed by atoms with E-state index in [2.05, 4.69) is 0 Å². The summed E-state index contributed by atoms with van der Waals surface area (Å²) in [5.41, 5.74) is 0. The average molecular weight is 188 g/mol. The number of rotatable bonds is 2. The molecule has 6 nitrogen and oxygen atoms in total. The fourth-order valence-electron chi connectivity index (χ4n) is 0.156. The van der Waals surface area contributed by atoms with Gasteiger partial charge in [-0.1, -0.05) is 0 Å². The van der Waals surface area contributed by atoms with Crippen LogP contribution in [0.3, 0.4) is 0 Å². The van der Waals surface area contributed by atoms with E-state index in [0.717, 1.165) is 0 Å². The molecular weight excluding hydrogens is 183 g/mol. The second-order valence-corrected chi connectivity index (χ2v) is 4.17. The van der Waals surface area contributed by atoms with Crippen molar-refractivity contribution in [1.82, 2.24) is 0 Å². The molecule has 0 aromatic rings. The molecule has 10 heavy (non-hydrogen) atoms. The molecule has 0 saturated carbocycles. The van der Waals surface area contributed by atoms with Crippen LogP contribution in [0.25, 0.3) is 0 Å². The van der Waals surface area contributed by atoms with Crippen molar-refractivity contribution in [3.05, 3.63) is 11.2 Å². The Balaban J connectivity index is 4.47. The summed E-state index contributed by atoms with van der Waals surface area (Å²) in [5.74, 6) is 0.0995. The van der Waals surface area contributed by atoms with Crippen molar-refractivity contribution in [2.24, 2.45) is 0 Å². The van der Waals surface area contributed by atoms with Crippen LogP contribution >= 0.6 is 7.60 Å². The number of hydrogen-bond donors (Lipinski definition) is 3. The van der Waals surface area contributed by atoms with Gasteiger partial charge < -0.3 is 9.79 Å². The Hall–Kier alpha value is -0.200. The van der Waals surface area contributed by atoms with Gasteiger partial charge in [-0.25, -0.2) is 0 Å². The molecule has 0 fully saturated rings. The standard InChI is InChI=1S/C2H5O6PS/c3-9(4,5)1-2-10(6,7)8/h1-2H,(H2,3,4,5)(H,6,7,8). The first-order valence-electron chi connectivity index (χ1n) is 1.93. The van der Waals surface area contributed by atoms with Crippen molar-refractivity contribution < 1.29 is 27.3 Å². The molecule has 0 amide bonds. The molecule has 0 radical (unpaired) electrons. The number of hydrogen-bond acceptors (Lipinski definition) is 3. The van der Waals surface area contributed by atoms with Crippen molar-refractivity contribution in [2.45, 2.75) is 0 Å². The van der Waals surface area contributed by atoms with Crippen LogP contribution in [0.1, 0.15) is 0 Å². The Morgan fingerprint density at radius 2 is 1.70 bits per heavy atom. The highest BCUT2D eigenvalue weighted by atomic mass is 32.2. The van der Waals surface area contributed by atoms with Gasteiger partial charge >= 0.3 is 7.60 Å². The minimum Gasteiger partial charge on any atom is -0.321 e. The van der Waals surface area contributed by atoms with E-state index in [1.807, 2.05) is 0 Å². The third-order valence-corrected chi connectivity index (χ3v) is 1.65. The Labute approximate surface area is 57.1 Å². The lowest BCUT2D eigenvalue weighted by Gasteiger charge is -1.91. The first-order valence-corrected chi connectivity index (χ1v) is 5.11. The topological polar surface area (TPSA) is 112 Å². The molecule has 0 aliphatic carbocycles. The molecule has 0 bridgehead atoms. The largest absolute Gasteiger partial charge is 0.349 e. The normalized spacial score (nSPS) is 14.3. The van der Waals surface area contributed by atoms with Gasteiger partial charge in [-0.15, -0.1) is 0 Å². The molecule has 0 rings (SSSR count). The molecule has 0 atom stereocenters. The molecule has 0 aliphatic rings. The summed E-state index contributed by atoms with van der Waals surface area (Å²) < 4.78 is 37.4. The maximum absolute atomic E-state index is 9.91. The first kappa shape index (κ1) is 9.80. The lowest BCUT2D eigenvalue weighted by molar-refractivity contribution is 0.386. The van der Waals surface area contributed by atoms with E-state index in [0.29, 0.717) is 0 Å². The van der Waals surface area contributed by atoms with Crippen molar-refractivity contribution in [1.29, 1.82) is 0 Å². The Morgan fingerprint density at radius 3 is 1.80 bits per heavy atom. The summed E-state index contributed by atoms with van der Waals surface area (Å²) in [4.78, 5) is 16.1. The van der Waals surface area contributed by atoms with Crippen molar-refractivity contribution in [3.63, 3.8) is 0 Å². The molecule has 0 heterocycles. The summed E-state index contributed by atoms with van der Waals surface area (Å²) in [7, 11) is -8.91. The van der Waals surface area contributed by atoms with Gasteiger partial charge in [-0.05, 0) is 0 Å². The molecular formula is C2H5O6PS. The zero-order valence-electron chi connectivity index (χ0n) is 4.58. The lowest BCUT2D eigenvalue weighted by Crippen LogP contribution is -1.88. The average Bonchev–Trinajstić information content (AvgIpc) is 1.57. The van der Waals surface area contributed by atoms with E-state index in [1.54, 1.807) is 0 Å². The van der Waals surface area contributed by atoms with E-state index in [4.69, 9.17) is 14.3 Å². The van der Waals surface area contributed by atoms with Gasteiger partial charge in [0.1, 0.15) is 0 Å².